The van der Waals surface area contributed by atoms with Gasteiger partial charge in [-0.25, -0.2) is 13.6 Å². The van der Waals surface area contributed by atoms with Crippen LogP contribution in [0, 0.1) is 11.6 Å². The summed E-state index contributed by atoms with van der Waals surface area (Å²) in [5.41, 5.74) is -0.0127. The molecule has 1 aromatic carbocycles. The summed E-state index contributed by atoms with van der Waals surface area (Å²) in [6.45, 7) is 4.68. The number of nitrogens with zero attached hydrogens (tertiary/aromatic N) is 1. The third kappa shape index (κ3) is 4.89. The summed E-state index contributed by atoms with van der Waals surface area (Å²) in [7, 11) is 0. The summed E-state index contributed by atoms with van der Waals surface area (Å²) in [4.78, 5) is 14.9. The fourth-order valence-electron chi connectivity index (χ4n) is 2.14. The molecule has 0 fully saturated rings. The van der Waals surface area contributed by atoms with Crippen LogP contribution in [0.1, 0.15) is 10.4 Å². The second-order valence-corrected chi connectivity index (χ2v) is 5.96. The zero-order valence-electron chi connectivity index (χ0n) is 12.6. The van der Waals surface area contributed by atoms with Gasteiger partial charge in [-0.1, -0.05) is 18.2 Å². The van der Waals surface area contributed by atoms with Gasteiger partial charge in [0.1, 0.15) is 11.6 Å². The Morgan fingerprint density at radius 2 is 2.00 bits per heavy atom. The van der Waals surface area contributed by atoms with E-state index >= 15 is 0 Å². The molecule has 0 spiro atoms. The Morgan fingerprint density at radius 1 is 1.26 bits per heavy atom. The highest BCUT2D eigenvalue weighted by Crippen LogP contribution is 2.13. The van der Waals surface area contributed by atoms with Crippen LogP contribution in [0.3, 0.4) is 0 Å². The first-order valence-electron chi connectivity index (χ1n) is 7.20. The Balaban J connectivity index is 1.90. The van der Waals surface area contributed by atoms with E-state index in [1.165, 1.54) is 18.2 Å². The molecule has 0 aliphatic rings. The Morgan fingerprint density at radius 3 is 2.61 bits per heavy atom. The predicted molar refractivity (Wildman–Crippen MR) is 88.4 cm³/mol. The van der Waals surface area contributed by atoms with Crippen LogP contribution in [0.4, 0.5) is 13.6 Å². The molecule has 1 aromatic heterocycles. The third-order valence-corrected chi connectivity index (χ3v) is 4.14. The minimum atomic E-state index is -0.596. The summed E-state index contributed by atoms with van der Waals surface area (Å²) in [6.07, 6.45) is 1.74. The highest BCUT2D eigenvalue weighted by Gasteiger charge is 2.14. The van der Waals surface area contributed by atoms with Gasteiger partial charge in [0.15, 0.2) is 0 Å². The van der Waals surface area contributed by atoms with Crippen molar-refractivity contribution < 1.29 is 13.6 Å². The SMILES string of the molecule is C=CCN(Cc1cccs1)C(=O)NCCc1c(F)cccc1F. The van der Waals surface area contributed by atoms with Crippen molar-refractivity contribution in [3.8, 4) is 0 Å². The normalized spacial score (nSPS) is 10.3. The topological polar surface area (TPSA) is 32.3 Å². The minimum absolute atomic E-state index is 0.0127. The van der Waals surface area contributed by atoms with E-state index in [1.807, 2.05) is 17.5 Å². The molecule has 1 N–H and O–H groups in total. The molecule has 0 bridgehead atoms. The zero-order chi connectivity index (χ0) is 16.7. The molecule has 2 amide bonds. The van der Waals surface area contributed by atoms with E-state index in [0.29, 0.717) is 13.1 Å². The van der Waals surface area contributed by atoms with E-state index in [9.17, 15) is 13.6 Å². The lowest BCUT2D eigenvalue weighted by Gasteiger charge is -2.21. The van der Waals surface area contributed by atoms with Crippen LogP contribution in [0.15, 0.2) is 48.4 Å². The number of thiophene rings is 1. The van der Waals surface area contributed by atoms with Crippen molar-refractivity contribution in [1.29, 1.82) is 0 Å². The lowest BCUT2D eigenvalue weighted by atomic mass is 10.1. The smallest absolute Gasteiger partial charge is 0.318 e. The first-order valence-corrected chi connectivity index (χ1v) is 8.08. The second kappa shape index (κ2) is 8.43. The predicted octanol–water partition coefficient (Wildman–Crippen LogP) is 3.97. The fraction of sp³-hybridized carbons (Fsp3) is 0.235. The molecule has 2 rings (SSSR count). The summed E-state index contributed by atoms with van der Waals surface area (Å²) in [5.74, 6) is -1.19. The van der Waals surface area contributed by atoms with Gasteiger partial charge in [-0.05, 0) is 30.0 Å². The van der Waals surface area contributed by atoms with Crippen molar-refractivity contribution in [2.45, 2.75) is 13.0 Å². The summed E-state index contributed by atoms with van der Waals surface area (Å²) >= 11 is 1.56. The lowest BCUT2D eigenvalue weighted by Crippen LogP contribution is -2.40. The number of hydrogen-bond donors (Lipinski definition) is 1. The van der Waals surface area contributed by atoms with Crippen LogP contribution in [-0.4, -0.2) is 24.0 Å². The number of halogens is 2. The molecule has 0 saturated carbocycles. The molecule has 2 aromatic rings. The number of amides is 2. The number of urea groups is 1. The quantitative estimate of drug-likeness (QED) is 0.763. The van der Waals surface area contributed by atoms with Crippen LogP contribution in [0.2, 0.25) is 0 Å². The van der Waals surface area contributed by atoms with E-state index in [1.54, 1.807) is 22.3 Å². The lowest BCUT2D eigenvalue weighted by molar-refractivity contribution is 0.201. The molecule has 0 unspecified atom stereocenters. The van der Waals surface area contributed by atoms with Crippen molar-refractivity contribution in [1.82, 2.24) is 10.2 Å². The molecule has 1 heterocycles. The maximum Gasteiger partial charge on any atom is 0.318 e. The molecule has 23 heavy (non-hydrogen) atoms. The average molecular weight is 336 g/mol. The van der Waals surface area contributed by atoms with Gasteiger partial charge >= 0.3 is 6.03 Å². The Hall–Kier alpha value is -2.21. The minimum Gasteiger partial charge on any atom is -0.338 e. The van der Waals surface area contributed by atoms with Crippen LogP contribution < -0.4 is 5.32 Å². The van der Waals surface area contributed by atoms with Crippen LogP contribution >= 0.6 is 11.3 Å². The molecule has 6 heteroatoms. The Labute approximate surface area is 138 Å². The second-order valence-electron chi connectivity index (χ2n) is 4.93. The Bertz CT molecular complexity index is 638. The molecule has 3 nitrogen and oxygen atoms in total. The van der Waals surface area contributed by atoms with Gasteiger partial charge in [-0.2, -0.15) is 0 Å². The average Bonchev–Trinajstić information content (AvgIpc) is 3.02. The van der Waals surface area contributed by atoms with Crippen molar-refractivity contribution in [3.63, 3.8) is 0 Å². The molecule has 0 aliphatic carbocycles. The van der Waals surface area contributed by atoms with Crippen molar-refractivity contribution >= 4 is 17.4 Å². The highest BCUT2D eigenvalue weighted by atomic mass is 32.1. The highest BCUT2D eigenvalue weighted by molar-refractivity contribution is 7.09. The maximum atomic E-state index is 13.5. The molecular weight excluding hydrogens is 318 g/mol. The van der Waals surface area contributed by atoms with E-state index in [2.05, 4.69) is 11.9 Å². The van der Waals surface area contributed by atoms with Gasteiger partial charge < -0.3 is 10.2 Å². The summed E-state index contributed by atoms with van der Waals surface area (Å²) < 4.78 is 27.1. The maximum absolute atomic E-state index is 13.5. The molecule has 122 valence electrons. The first-order chi connectivity index (χ1) is 11.1. The zero-order valence-corrected chi connectivity index (χ0v) is 13.4. The van der Waals surface area contributed by atoms with Crippen molar-refractivity contribution in [3.05, 3.63) is 70.4 Å². The van der Waals surface area contributed by atoms with E-state index in [0.717, 1.165) is 4.88 Å². The van der Waals surface area contributed by atoms with Crippen LogP contribution in [0.5, 0.6) is 0 Å². The van der Waals surface area contributed by atoms with Gasteiger partial charge in [0, 0.05) is 23.5 Å². The monoisotopic (exact) mass is 336 g/mol. The standard InChI is InChI=1S/C17H18F2N2OS/c1-2-10-21(12-13-5-4-11-23-13)17(22)20-9-8-14-15(18)6-3-7-16(14)19/h2-7,11H,1,8-10,12H2,(H,20,22). The molecular formula is C17H18F2N2OS. The number of benzene rings is 1. The van der Waals surface area contributed by atoms with Crippen molar-refractivity contribution in [2.24, 2.45) is 0 Å². The molecule has 0 atom stereocenters. The summed E-state index contributed by atoms with van der Waals surface area (Å²) in [5, 5.41) is 4.64. The van der Waals surface area contributed by atoms with Gasteiger partial charge in [-0.15, -0.1) is 17.9 Å². The Kier molecular flexibility index (Phi) is 6.29. The number of carbonyl (C=O) groups excluding carboxylic acids is 1. The van der Waals surface area contributed by atoms with Crippen LogP contribution in [-0.2, 0) is 13.0 Å². The van der Waals surface area contributed by atoms with Gasteiger partial charge in [0.2, 0.25) is 0 Å². The number of rotatable bonds is 7. The van der Waals surface area contributed by atoms with Gasteiger partial charge in [0.25, 0.3) is 0 Å². The van der Waals surface area contributed by atoms with E-state index in [-0.39, 0.29) is 24.6 Å². The van der Waals surface area contributed by atoms with Crippen LogP contribution in [0.25, 0.3) is 0 Å². The summed E-state index contributed by atoms with van der Waals surface area (Å²) in [6, 6.07) is 7.32. The number of nitrogens with one attached hydrogen (secondary N) is 1. The number of carbonyl (C=O) groups is 1. The fourth-order valence-corrected chi connectivity index (χ4v) is 2.86. The molecule has 0 radical (unpaired) electrons. The largest absolute Gasteiger partial charge is 0.338 e. The number of hydrogen-bond acceptors (Lipinski definition) is 2. The molecule has 0 aliphatic heterocycles. The van der Waals surface area contributed by atoms with Crippen molar-refractivity contribution in [2.75, 3.05) is 13.1 Å². The van der Waals surface area contributed by atoms with Gasteiger partial charge in [-0.3, -0.25) is 0 Å². The molecule has 0 saturated heterocycles. The first kappa shape index (κ1) is 17.1. The van der Waals surface area contributed by atoms with E-state index < -0.39 is 11.6 Å². The van der Waals surface area contributed by atoms with Gasteiger partial charge in [0.05, 0.1) is 6.54 Å². The third-order valence-electron chi connectivity index (χ3n) is 3.28. The van der Waals surface area contributed by atoms with E-state index in [4.69, 9.17) is 0 Å².